The van der Waals surface area contributed by atoms with Crippen LogP contribution in [-0.2, 0) is 13.0 Å². The largest absolute Gasteiger partial charge is 0.396 e. The van der Waals surface area contributed by atoms with E-state index in [-0.39, 0.29) is 6.61 Å². The fourth-order valence-electron chi connectivity index (χ4n) is 1.36. The van der Waals surface area contributed by atoms with Crippen LogP contribution in [0.5, 0.6) is 0 Å². The molecular weight excluding hydrogens is 164 g/mol. The molecule has 0 spiro atoms. The third-order valence-corrected chi connectivity index (χ3v) is 2.37. The molecule has 0 aromatic carbocycles. The van der Waals surface area contributed by atoms with Gasteiger partial charge in [0.05, 0.1) is 6.20 Å². The first kappa shape index (κ1) is 10.3. The minimum atomic E-state index is 0.272. The number of aliphatic hydroxyl groups excluding tert-OH is 1. The van der Waals surface area contributed by atoms with Gasteiger partial charge in [-0.25, -0.2) is 0 Å². The van der Waals surface area contributed by atoms with Gasteiger partial charge in [0.2, 0.25) is 0 Å². The molecule has 0 aliphatic carbocycles. The summed E-state index contributed by atoms with van der Waals surface area (Å²) in [4.78, 5) is 0. The fraction of sp³-hybridized carbons (Fsp3) is 0.700. The lowest BCUT2D eigenvalue weighted by Crippen LogP contribution is -2.07. The number of rotatable bonds is 5. The minimum Gasteiger partial charge on any atom is -0.396 e. The second-order valence-corrected chi connectivity index (χ2v) is 3.37. The van der Waals surface area contributed by atoms with Crippen LogP contribution in [0.1, 0.15) is 25.8 Å². The summed E-state index contributed by atoms with van der Waals surface area (Å²) in [6, 6.07) is 0. The van der Waals surface area contributed by atoms with Crippen molar-refractivity contribution in [2.45, 2.75) is 33.2 Å². The fourth-order valence-corrected chi connectivity index (χ4v) is 1.36. The van der Waals surface area contributed by atoms with E-state index in [0.717, 1.165) is 19.4 Å². The molecule has 1 unspecified atom stereocenters. The van der Waals surface area contributed by atoms with Crippen molar-refractivity contribution >= 4 is 0 Å². The molecule has 13 heavy (non-hydrogen) atoms. The Morgan fingerprint density at radius 3 is 2.77 bits per heavy atom. The van der Waals surface area contributed by atoms with Crippen LogP contribution in [0.3, 0.4) is 0 Å². The summed E-state index contributed by atoms with van der Waals surface area (Å²) >= 11 is 0. The van der Waals surface area contributed by atoms with Gasteiger partial charge >= 0.3 is 0 Å². The molecule has 0 saturated heterocycles. The van der Waals surface area contributed by atoms with Gasteiger partial charge in [-0.3, -0.25) is 4.68 Å². The molecule has 0 aliphatic heterocycles. The van der Waals surface area contributed by atoms with Gasteiger partial charge in [0.1, 0.15) is 0 Å². The van der Waals surface area contributed by atoms with E-state index in [2.05, 4.69) is 25.1 Å². The number of aliphatic hydroxyl groups is 1. The third-order valence-electron chi connectivity index (χ3n) is 2.37. The van der Waals surface area contributed by atoms with Crippen molar-refractivity contribution < 1.29 is 5.11 Å². The summed E-state index contributed by atoms with van der Waals surface area (Å²) in [6.45, 7) is 5.36. The highest BCUT2D eigenvalue weighted by Gasteiger charge is 2.07. The van der Waals surface area contributed by atoms with Crippen LogP contribution < -0.4 is 0 Å². The lowest BCUT2D eigenvalue weighted by molar-refractivity contribution is 0.222. The summed E-state index contributed by atoms with van der Waals surface area (Å²) in [5.41, 5.74) is 1.22. The summed E-state index contributed by atoms with van der Waals surface area (Å²) in [6.07, 6.45) is 5.90. The number of hydrogen-bond acceptors (Lipinski definition) is 2. The van der Waals surface area contributed by atoms with Crippen molar-refractivity contribution in [1.29, 1.82) is 0 Å². The second kappa shape index (κ2) is 5.02. The Bertz CT molecular complexity index is 241. The molecular formula is C10H18N2O. The molecule has 0 bridgehead atoms. The number of aromatic nitrogens is 2. The van der Waals surface area contributed by atoms with Gasteiger partial charge in [0, 0.05) is 19.3 Å². The number of aryl methyl sites for hydroxylation is 1. The predicted molar refractivity (Wildman–Crippen MR) is 52.5 cm³/mol. The van der Waals surface area contributed by atoms with E-state index in [1.165, 1.54) is 5.56 Å². The van der Waals surface area contributed by atoms with Crippen molar-refractivity contribution in [1.82, 2.24) is 9.78 Å². The average Bonchev–Trinajstić information content (AvgIpc) is 2.61. The first-order chi connectivity index (χ1) is 6.30. The van der Waals surface area contributed by atoms with E-state index < -0.39 is 0 Å². The molecule has 1 aromatic rings. The van der Waals surface area contributed by atoms with Crippen LogP contribution in [0.2, 0.25) is 0 Å². The van der Waals surface area contributed by atoms with E-state index in [1.54, 1.807) is 0 Å². The highest BCUT2D eigenvalue weighted by atomic mass is 16.3. The lowest BCUT2D eigenvalue weighted by atomic mass is 10.0. The molecule has 1 rings (SSSR count). The molecule has 1 N–H and O–H groups in total. The highest BCUT2D eigenvalue weighted by Crippen LogP contribution is 2.10. The standard InChI is InChI=1S/C10H18N2O/c1-3-9(8-13)5-10-6-11-12(4-2)7-10/h6-7,9,13H,3-5,8H2,1-2H3. The van der Waals surface area contributed by atoms with Crippen molar-refractivity contribution in [2.75, 3.05) is 6.61 Å². The third kappa shape index (κ3) is 2.84. The van der Waals surface area contributed by atoms with Gasteiger partial charge in [-0.1, -0.05) is 13.3 Å². The number of nitrogens with zero attached hydrogens (tertiary/aromatic N) is 2. The predicted octanol–water partition coefficient (Wildman–Crippen LogP) is 1.46. The topological polar surface area (TPSA) is 38.1 Å². The van der Waals surface area contributed by atoms with Gasteiger partial charge in [-0.05, 0) is 24.8 Å². The quantitative estimate of drug-likeness (QED) is 0.748. The molecule has 0 aliphatic rings. The van der Waals surface area contributed by atoms with Crippen molar-refractivity contribution in [3.05, 3.63) is 18.0 Å². The first-order valence-corrected chi connectivity index (χ1v) is 4.92. The van der Waals surface area contributed by atoms with Crippen LogP contribution >= 0.6 is 0 Å². The highest BCUT2D eigenvalue weighted by molar-refractivity contribution is 5.04. The molecule has 3 heteroatoms. The van der Waals surface area contributed by atoms with Crippen LogP contribution in [0.25, 0.3) is 0 Å². The molecule has 0 amide bonds. The summed E-state index contributed by atoms with van der Waals surface area (Å²) in [5.74, 6) is 0.384. The smallest absolute Gasteiger partial charge is 0.0521 e. The van der Waals surface area contributed by atoms with E-state index in [1.807, 2.05) is 10.9 Å². The van der Waals surface area contributed by atoms with Gasteiger partial charge in [0.25, 0.3) is 0 Å². The van der Waals surface area contributed by atoms with Crippen LogP contribution in [-0.4, -0.2) is 21.5 Å². The summed E-state index contributed by atoms with van der Waals surface area (Å²) < 4.78 is 1.92. The molecule has 3 nitrogen and oxygen atoms in total. The van der Waals surface area contributed by atoms with Gasteiger partial charge in [-0.15, -0.1) is 0 Å². The van der Waals surface area contributed by atoms with Crippen LogP contribution in [0.4, 0.5) is 0 Å². The van der Waals surface area contributed by atoms with Gasteiger partial charge in [-0.2, -0.15) is 5.10 Å². The Morgan fingerprint density at radius 1 is 1.54 bits per heavy atom. The van der Waals surface area contributed by atoms with Gasteiger partial charge < -0.3 is 5.11 Å². The van der Waals surface area contributed by atoms with E-state index in [9.17, 15) is 0 Å². The number of hydrogen-bond donors (Lipinski definition) is 1. The zero-order valence-electron chi connectivity index (χ0n) is 8.40. The Morgan fingerprint density at radius 2 is 2.31 bits per heavy atom. The monoisotopic (exact) mass is 182 g/mol. The second-order valence-electron chi connectivity index (χ2n) is 3.37. The Labute approximate surface area is 79.4 Å². The lowest BCUT2D eigenvalue weighted by Gasteiger charge is -2.08. The summed E-state index contributed by atoms with van der Waals surface area (Å²) in [5, 5.41) is 13.2. The molecule has 0 saturated carbocycles. The normalized spacial score (nSPS) is 13.2. The average molecular weight is 182 g/mol. The van der Waals surface area contributed by atoms with Gasteiger partial charge in [0.15, 0.2) is 0 Å². The maximum Gasteiger partial charge on any atom is 0.0521 e. The van der Waals surface area contributed by atoms with E-state index in [4.69, 9.17) is 5.11 Å². The summed E-state index contributed by atoms with van der Waals surface area (Å²) in [7, 11) is 0. The Hall–Kier alpha value is -0.830. The van der Waals surface area contributed by atoms with E-state index >= 15 is 0 Å². The molecule has 0 fully saturated rings. The maximum atomic E-state index is 9.02. The Kier molecular flexibility index (Phi) is 3.96. The molecule has 74 valence electrons. The van der Waals surface area contributed by atoms with Crippen molar-refractivity contribution in [3.8, 4) is 0 Å². The van der Waals surface area contributed by atoms with Crippen LogP contribution in [0, 0.1) is 5.92 Å². The minimum absolute atomic E-state index is 0.272. The van der Waals surface area contributed by atoms with Crippen molar-refractivity contribution in [3.63, 3.8) is 0 Å². The first-order valence-electron chi connectivity index (χ1n) is 4.92. The SMILES string of the molecule is CCC(CO)Cc1cnn(CC)c1. The maximum absolute atomic E-state index is 9.02. The molecule has 1 heterocycles. The zero-order valence-corrected chi connectivity index (χ0v) is 8.40. The molecule has 0 radical (unpaired) electrons. The molecule has 1 atom stereocenters. The molecule has 1 aromatic heterocycles. The van der Waals surface area contributed by atoms with Crippen molar-refractivity contribution in [2.24, 2.45) is 5.92 Å². The Balaban J connectivity index is 2.52. The van der Waals surface area contributed by atoms with E-state index in [0.29, 0.717) is 5.92 Å². The zero-order chi connectivity index (χ0) is 9.68. The van der Waals surface area contributed by atoms with Crippen LogP contribution in [0.15, 0.2) is 12.4 Å².